The minimum atomic E-state index is -0.607. The van der Waals surface area contributed by atoms with Gasteiger partial charge in [-0.1, -0.05) is 0 Å². The highest BCUT2D eigenvalue weighted by molar-refractivity contribution is 5.68. The summed E-state index contributed by atoms with van der Waals surface area (Å²) >= 11 is 0. The second-order valence-corrected chi connectivity index (χ2v) is 3.96. The molecule has 0 atom stereocenters. The zero-order chi connectivity index (χ0) is 12.3. The summed E-state index contributed by atoms with van der Waals surface area (Å²) in [5, 5.41) is 7.25. The molecule has 7 nitrogen and oxygen atoms in total. The molecule has 94 valence electrons. The first-order valence-electron chi connectivity index (χ1n) is 5.56. The number of carbonyl (C=O) groups is 1. The lowest BCUT2D eigenvalue weighted by molar-refractivity contribution is -0.141. The van der Waals surface area contributed by atoms with Gasteiger partial charge in [-0.05, 0) is 25.9 Å². The van der Waals surface area contributed by atoms with Crippen LogP contribution in [-0.4, -0.2) is 35.9 Å². The number of aromatic nitrogens is 2. The van der Waals surface area contributed by atoms with Gasteiger partial charge in [0.25, 0.3) is 0 Å². The van der Waals surface area contributed by atoms with Gasteiger partial charge in [-0.15, -0.1) is 5.10 Å². The molecule has 1 N–H and O–H groups in total. The number of carbonyl (C=O) groups excluding carboxylic acids is 1. The van der Waals surface area contributed by atoms with Gasteiger partial charge >= 0.3 is 11.7 Å². The van der Waals surface area contributed by atoms with Crippen molar-refractivity contribution in [3.63, 3.8) is 0 Å². The van der Waals surface area contributed by atoms with Crippen molar-refractivity contribution in [1.82, 2.24) is 15.1 Å². The average Bonchev–Trinajstić information content (AvgIpc) is 2.72. The molecule has 0 bridgehead atoms. The quantitative estimate of drug-likeness (QED) is 0.716. The van der Waals surface area contributed by atoms with Crippen LogP contribution in [-0.2, 0) is 16.1 Å². The molecule has 1 fully saturated rings. The number of piperidine rings is 1. The largest absolute Gasteiger partial charge is 0.468 e. The first kappa shape index (κ1) is 11.8. The van der Waals surface area contributed by atoms with E-state index in [0.29, 0.717) is 5.89 Å². The Morgan fingerprint density at radius 1 is 1.59 bits per heavy atom. The van der Waals surface area contributed by atoms with Crippen molar-refractivity contribution in [3.8, 4) is 0 Å². The predicted octanol–water partition coefficient (Wildman–Crippen LogP) is -0.524. The highest BCUT2D eigenvalue weighted by atomic mass is 16.5. The molecule has 0 spiro atoms. The highest BCUT2D eigenvalue weighted by Gasteiger charge is 2.22. The molecule has 0 amide bonds. The molecule has 1 aromatic rings. The van der Waals surface area contributed by atoms with Gasteiger partial charge in [-0.2, -0.15) is 4.68 Å². The maximum absolute atomic E-state index is 11.4. The Kier molecular flexibility index (Phi) is 3.58. The smallest absolute Gasteiger partial charge is 0.437 e. The first-order valence-corrected chi connectivity index (χ1v) is 5.56. The fraction of sp³-hybridized carbons (Fsp3) is 0.700. The topological polar surface area (TPSA) is 86.4 Å². The summed E-state index contributed by atoms with van der Waals surface area (Å²) < 4.78 is 10.5. The summed E-state index contributed by atoms with van der Waals surface area (Å²) in [6.45, 7) is 1.57. The minimum Gasteiger partial charge on any atom is -0.468 e. The van der Waals surface area contributed by atoms with Crippen LogP contribution in [0.3, 0.4) is 0 Å². The molecule has 0 unspecified atom stereocenters. The summed E-state index contributed by atoms with van der Waals surface area (Å²) in [5.74, 6) is -0.551. The van der Waals surface area contributed by atoms with Crippen molar-refractivity contribution in [3.05, 3.63) is 16.4 Å². The Labute approximate surface area is 97.7 Å². The number of nitrogens with one attached hydrogen (secondary N) is 1. The van der Waals surface area contributed by atoms with Crippen molar-refractivity contribution in [2.75, 3.05) is 20.2 Å². The maximum atomic E-state index is 11.4. The van der Waals surface area contributed by atoms with Crippen molar-refractivity contribution in [1.29, 1.82) is 0 Å². The third kappa shape index (κ3) is 2.73. The van der Waals surface area contributed by atoms with E-state index >= 15 is 0 Å². The third-order valence-corrected chi connectivity index (χ3v) is 2.82. The van der Waals surface area contributed by atoms with E-state index in [9.17, 15) is 9.59 Å². The predicted molar refractivity (Wildman–Crippen MR) is 57.6 cm³/mol. The number of nitrogens with zero attached hydrogens (tertiary/aromatic N) is 2. The van der Waals surface area contributed by atoms with Gasteiger partial charge in [-0.3, -0.25) is 4.79 Å². The molecule has 0 radical (unpaired) electrons. The SMILES string of the molecule is COC(=O)Cn1nc(C2CCNCC2)oc1=O. The number of ether oxygens (including phenoxy) is 1. The van der Waals surface area contributed by atoms with Crippen molar-refractivity contribution in [2.45, 2.75) is 25.3 Å². The second-order valence-electron chi connectivity index (χ2n) is 3.96. The molecule has 1 saturated heterocycles. The van der Waals surface area contributed by atoms with E-state index in [1.165, 1.54) is 7.11 Å². The van der Waals surface area contributed by atoms with Gasteiger partial charge < -0.3 is 14.5 Å². The number of esters is 1. The molecule has 1 aromatic heterocycles. The molecule has 0 aliphatic carbocycles. The molecule has 0 saturated carbocycles. The summed E-state index contributed by atoms with van der Waals surface area (Å²) in [7, 11) is 1.27. The maximum Gasteiger partial charge on any atom is 0.437 e. The fourth-order valence-electron chi connectivity index (χ4n) is 1.84. The third-order valence-electron chi connectivity index (χ3n) is 2.82. The summed E-state index contributed by atoms with van der Waals surface area (Å²) in [6, 6.07) is 0. The molecule has 2 heterocycles. The van der Waals surface area contributed by atoms with Crippen LogP contribution in [0.25, 0.3) is 0 Å². The van der Waals surface area contributed by atoms with Crippen LogP contribution in [0.15, 0.2) is 9.21 Å². The van der Waals surface area contributed by atoms with Gasteiger partial charge in [-0.25, -0.2) is 4.79 Å². The van der Waals surface area contributed by atoms with Crippen LogP contribution in [0.2, 0.25) is 0 Å². The molecule has 7 heteroatoms. The molecule has 0 aromatic carbocycles. The molecule has 2 rings (SSSR count). The van der Waals surface area contributed by atoms with Crippen LogP contribution in [0.5, 0.6) is 0 Å². The van der Waals surface area contributed by atoms with Crippen LogP contribution in [0.4, 0.5) is 0 Å². The van der Waals surface area contributed by atoms with Crippen LogP contribution in [0.1, 0.15) is 24.7 Å². The van der Waals surface area contributed by atoms with Crippen molar-refractivity contribution < 1.29 is 13.9 Å². The Bertz CT molecular complexity index is 445. The molecule has 1 aliphatic heterocycles. The number of hydrogen-bond acceptors (Lipinski definition) is 6. The molecular weight excluding hydrogens is 226 g/mol. The van der Waals surface area contributed by atoms with E-state index in [-0.39, 0.29) is 12.5 Å². The lowest BCUT2D eigenvalue weighted by atomic mass is 9.98. The summed E-state index contributed by atoms with van der Waals surface area (Å²) in [4.78, 5) is 22.5. The highest BCUT2D eigenvalue weighted by Crippen LogP contribution is 2.22. The number of methoxy groups -OCH3 is 1. The van der Waals surface area contributed by atoms with Crippen molar-refractivity contribution in [2.24, 2.45) is 0 Å². The summed E-state index contributed by atoms with van der Waals surface area (Å²) in [5.41, 5.74) is 0. The van der Waals surface area contributed by atoms with Gasteiger partial charge in [0.1, 0.15) is 6.54 Å². The minimum absolute atomic E-state index is 0.155. The Hall–Kier alpha value is -1.63. The van der Waals surface area contributed by atoms with E-state index in [1.54, 1.807) is 0 Å². The summed E-state index contributed by atoms with van der Waals surface area (Å²) in [6.07, 6.45) is 1.77. The van der Waals surface area contributed by atoms with Gasteiger partial charge in [0.2, 0.25) is 5.89 Å². The number of rotatable bonds is 3. The standard InChI is InChI=1S/C10H15N3O4/c1-16-8(14)6-13-10(15)17-9(12-13)7-2-4-11-5-3-7/h7,11H,2-6H2,1H3. The van der Waals surface area contributed by atoms with Gasteiger partial charge in [0, 0.05) is 5.92 Å². The Morgan fingerprint density at radius 2 is 2.29 bits per heavy atom. The fourth-order valence-corrected chi connectivity index (χ4v) is 1.84. The van der Waals surface area contributed by atoms with Crippen LogP contribution in [0, 0.1) is 0 Å². The van der Waals surface area contributed by atoms with Gasteiger partial charge in [0.15, 0.2) is 0 Å². The normalized spacial score (nSPS) is 17.0. The molecular formula is C10H15N3O4. The Balaban J connectivity index is 2.12. The van der Waals surface area contributed by atoms with Gasteiger partial charge in [0.05, 0.1) is 7.11 Å². The lowest BCUT2D eigenvalue weighted by Crippen LogP contribution is -2.27. The first-order chi connectivity index (χ1) is 8.20. The van der Waals surface area contributed by atoms with E-state index in [4.69, 9.17) is 4.42 Å². The van der Waals surface area contributed by atoms with E-state index < -0.39 is 11.7 Å². The van der Waals surface area contributed by atoms with Crippen LogP contribution >= 0.6 is 0 Å². The van der Waals surface area contributed by atoms with Crippen LogP contribution < -0.4 is 11.1 Å². The monoisotopic (exact) mass is 241 g/mol. The van der Waals surface area contributed by atoms with E-state index in [1.807, 2.05) is 0 Å². The molecule has 17 heavy (non-hydrogen) atoms. The van der Waals surface area contributed by atoms with Crippen molar-refractivity contribution >= 4 is 5.97 Å². The zero-order valence-electron chi connectivity index (χ0n) is 9.64. The molecule has 1 aliphatic rings. The van der Waals surface area contributed by atoms with E-state index in [2.05, 4.69) is 15.2 Å². The van der Waals surface area contributed by atoms with E-state index in [0.717, 1.165) is 30.6 Å². The zero-order valence-corrected chi connectivity index (χ0v) is 9.64. The Morgan fingerprint density at radius 3 is 2.94 bits per heavy atom. The number of hydrogen-bond donors (Lipinski definition) is 1. The average molecular weight is 241 g/mol. The second kappa shape index (κ2) is 5.13. The lowest BCUT2D eigenvalue weighted by Gasteiger charge is -2.18.